The number of H-pyrrole nitrogens is 1. The maximum Gasteiger partial charge on any atom is 0.269 e. The van der Waals surface area contributed by atoms with E-state index in [9.17, 15) is 4.79 Å². The van der Waals surface area contributed by atoms with Crippen LogP contribution < -0.4 is 10.1 Å². The van der Waals surface area contributed by atoms with Crippen LogP contribution >= 0.6 is 0 Å². The fourth-order valence-corrected chi connectivity index (χ4v) is 2.22. The van der Waals surface area contributed by atoms with Gasteiger partial charge in [-0.25, -0.2) is 0 Å². The number of carbonyl (C=O) groups excluding carboxylic acids is 1. The summed E-state index contributed by atoms with van der Waals surface area (Å²) in [6, 6.07) is 13.0. The van der Waals surface area contributed by atoms with E-state index < -0.39 is 0 Å². The Labute approximate surface area is 133 Å². The van der Waals surface area contributed by atoms with Gasteiger partial charge in [0.25, 0.3) is 5.91 Å². The number of para-hydroxylation sites is 1. The molecule has 0 atom stereocenters. The fraction of sp³-hybridized carbons (Fsp3) is 0.118. The van der Waals surface area contributed by atoms with Crippen LogP contribution in [-0.2, 0) is 6.54 Å². The Hall–Kier alpha value is -3.15. The first-order chi connectivity index (χ1) is 11.3. The molecule has 6 heteroatoms. The molecule has 3 rings (SSSR count). The van der Waals surface area contributed by atoms with Crippen molar-refractivity contribution < 1.29 is 9.53 Å². The molecule has 0 radical (unpaired) electrons. The van der Waals surface area contributed by atoms with Gasteiger partial charge in [-0.2, -0.15) is 5.10 Å². The van der Waals surface area contributed by atoms with E-state index in [2.05, 4.69) is 20.5 Å². The number of carbonyl (C=O) groups is 1. The van der Waals surface area contributed by atoms with Crippen molar-refractivity contribution in [3.05, 3.63) is 66.1 Å². The number of nitrogens with zero attached hydrogens (tertiary/aromatic N) is 2. The van der Waals surface area contributed by atoms with E-state index in [1.54, 1.807) is 25.6 Å². The summed E-state index contributed by atoms with van der Waals surface area (Å²) in [7, 11) is 1.61. The van der Waals surface area contributed by atoms with E-state index in [-0.39, 0.29) is 5.91 Å². The highest BCUT2D eigenvalue weighted by atomic mass is 16.5. The van der Waals surface area contributed by atoms with E-state index in [1.807, 2.05) is 36.4 Å². The number of aromatic nitrogens is 3. The standard InChI is InChI=1S/C17H16N4O2/c1-23-16-7-3-2-5-13(16)11-19-17(22)15-9-14(20-21-15)12-6-4-8-18-10-12/h2-10H,11H2,1H3,(H,19,22)(H,20,21). The zero-order chi connectivity index (χ0) is 16.1. The van der Waals surface area contributed by atoms with Crippen LogP contribution in [0.5, 0.6) is 5.75 Å². The zero-order valence-corrected chi connectivity index (χ0v) is 12.6. The molecule has 2 heterocycles. The summed E-state index contributed by atoms with van der Waals surface area (Å²) in [5.74, 6) is 0.520. The largest absolute Gasteiger partial charge is 0.496 e. The number of amides is 1. The second-order valence-electron chi connectivity index (χ2n) is 4.90. The Balaban J connectivity index is 1.68. The van der Waals surface area contributed by atoms with Crippen molar-refractivity contribution in [3.8, 4) is 17.0 Å². The fourth-order valence-electron chi connectivity index (χ4n) is 2.22. The first-order valence-corrected chi connectivity index (χ1v) is 7.14. The van der Waals surface area contributed by atoms with Gasteiger partial charge in [-0.15, -0.1) is 0 Å². The second-order valence-corrected chi connectivity index (χ2v) is 4.90. The smallest absolute Gasteiger partial charge is 0.269 e. The van der Waals surface area contributed by atoms with Crippen molar-refractivity contribution >= 4 is 5.91 Å². The van der Waals surface area contributed by atoms with E-state index in [0.717, 1.165) is 16.9 Å². The Morgan fingerprint density at radius 1 is 1.26 bits per heavy atom. The number of nitrogens with one attached hydrogen (secondary N) is 2. The lowest BCUT2D eigenvalue weighted by atomic mass is 10.2. The monoisotopic (exact) mass is 308 g/mol. The minimum atomic E-state index is -0.224. The van der Waals surface area contributed by atoms with Crippen LogP contribution in [0.15, 0.2) is 54.9 Å². The van der Waals surface area contributed by atoms with E-state index in [4.69, 9.17) is 4.74 Å². The summed E-state index contributed by atoms with van der Waals surface area (Å²) in [4.78, 5) is 16.3. The molecule has 2 N–H and O–H groups in total. The number of ether oxygens (including phenoxy) is 1. The molecule has 2 aromatic heterocycles. The molecule has 0 saturated carbocycles. The van der Waals surface area contributed by atoms with Crippen LogP contribution in [-0.4, -0.2) is 28.2 Å². The van der Waals surface area contributed by atoms with Gasteiger partial charge < -0.3 is 10.1 Å². The number of hydrogen-bond donors (Lipinski definition) is 2. The number of benzene rings is 1. The van der Waals surface area contributed by atoms with Crippen molar-refractivity contribution in [3.63, 3.8) is 0 Å². The van der Waals surface area contributed by atoms with Gasteiger partial charge in [-0.05, 0) is 24.3 Å². The quantitative estimate of drug-likeness (QED) is 0.758. The van der Waals surface area contributed by atoms with Crippen molar-refractivity contribution in [2.45, 2.75) is 6.54 Å². The molecule has 3 aromatic rings. The number of pyridine rings is 1. The van der Waals surface area contributed by atoms with E-state index >= 15 is 0 Å². The SMILES string of the molecule is COc1ccccc1CNC(=O)c1cc(-c2cccnc2)n[nH]1. The molecule has 0 aliphatic rings. The third-order valence-corrected chi connectivity index (χ3v) is 3.41. The van der Waals surface area contributed by atoms with Crippen molar-refractivity contribution in [2.24, 2.45) is 0 Å². The van der Waals surface area contributed by atoms with Crippen LogP contribution in [0.4, 0.5) is 0 Å². The number of hydrogen-bond acceptors (Lipinski definition) is 4. The zero-order valence-electron chi connectivity index (χ0n) is 12.6. The van der Waals surface area contributed by atoms with Crippen LogP contribution in [0.2, 0.25) is 0 Å². The molecule has 6 nitrogen and oxygen atoms in total. The average Bonchev–Trinajstić information content (AvgIpc) is 3.11. The molecule has 116 valence electrons. The Morgan fingerprint density at radius 3 is 2.91 bits per heavy atom. The first kappa shape index (κ1) is 14.8. The summed E-state index contributed by atoms with van der Waals surface area (Å²) < 4.78 is 5.27. The Morgan fingerprint density at radius 2 is 2.13 bits per heavy atom. The minimum Gasteiger partial charge on any atom is -0.496 e. The molecule has 0 saturated heterocycles. The maximum absolute atomic E-state index is 12.2. The number of aromatic amines is 1. The predicted molar refractivity (Wildman–Crippen MR) is 86.0 cm³/mol. The van der Waals surface area contributed by atoms with Gasteiger partial charge in [0.1, 0.15) is 11.4 Å². The normalized spacial score (nSPS) is 10.3. The molecular formula is C17H16N4O2. The van der Waals surface area contributed by atoms with E-state index in [0.29, 0.717) is 17.9 Å². The van der Waals surface area contributed by atoms with E-state index in [1.165, 1.54) is 0 Å². The summed E-state index contributed by atoms with van der Waals surface area (Å²) >= 11 is 0. The van der Waals surface area contributed by atoms with Crippen molar-refractivity contribution in [1.29, 1.82) is 0 Å². The van der Waals surface area contributed by atoms with Gasteiger partial charge in [-0.3, -0.25) is 14.9 Å². The minimum absolute atomic E-state index is 0.224. The molecule has 0 fully saturated rings. The highest BCUT2D eigenvalue weighted by molar-refractivity contribution is 5.93. The van der Waals surface area contributed by atoms with Crippen LogP contribution in [0.1, 0.15) is 16.1 Å². The molecule has 0 aliphatic heterocycles. The van der Waals surface area contributed by atoms with Gasteiger partial charge in [0.05, 0.1) is 12.8 Å². The molecular weight excluding hydrogens is 292 g/mol. The second kappa shape index (κ2) is 6.74. The first-order valence-electron chi connectivity index (χ1n) is 7.14. The predicted octanol–water partition coefficient (Wildman–Crippen LogP) is 2.41. The maximum atomic E-state index is 12.2. The van der Waals surface area contributed by atoms with Gasteiger partial charge in [0.15, 0.2) is 0 Å². The number of rotatable bonds is 5. The summed E-state index contributed by atoms with van der Waals surface area (Å²) in [6.07, 6.45) is 3.39. The summed E-state index contributed by atoms with van der Waals surface area (Å²) in [5, 5.41) is 9.74. The lowest BCUT2D eigenvalue weighted by Gasteiger charge is -2.08. The van der Waals surface area contributed by atoms with Gasteiger partial charge in [-0.1, -0.05) is 18.2 Å². The topological polar surface area (TPSA) is 79.9 Å². The molecule has 0 spiro atoms. The van der Waals surface area contributed by atoms with Gasteiger partial charge in [0.2, 0.25) is 0 Å². The van der Waals surface area contributed by atoms with Crippen molar-refractivity contribution in [2.75, 3.05) is 7.11 Å². The summed E-state index contributed by atoms with van der Waals surface area (Å²) in [5.41, 5.74) is 2.85. The molecule has 0 unspecified atom stereocenters. The Bertz CT molecular complexity index is 799. The average molecular weight is 308 g/mol. The lowest BCUT2D eigenvalue weighted by Crippen LogP contribution is -2.23. The molecule has 0 bridgehead atoms. The Kier molecular flexibility index (Phi) is 4.33. The van der Waals surface area contributed by atoms with Crippen LogP contribution in [0.3, 0.4) is 0 Å². The highest BCUT2D eigenvalue weighted by Crippen LogP contribution is 2.18. The highest BCUT2D eigenvalue weighted by Gasteiger charge is 2.11. The number of methoxy groups -OCH3 is 1. The third-order valence-electron chi connectivity index (χ3n) is 3.41. The summed E-state index contributed by atoms with van der Waals surface area (Å²) in [6.45, 7) is 0.379. The van der Waals surface area contributed by atoms with Gasteiger partial charge >= 0.3 is 0 Å². The van der Waals surface area contributed by atoms with Crippen LogP contribution in [0.25, 0.3) is 11.3 Å². The molecule has 1 amide bonds. The van der Waals surface area contributed by atoms with Gasteiger partial charge in [0, 0.05) is 30.1 Å². The lowest BCUT2D eigenvalue weighted by molar-refractivity contribution is 0.0945. The van der Waals surface area contributed by atoms with Crippen LogP contribution in [0, 0.1) is 0 Å². The molecule has 1 aromatic carbocycles. The molecule has 23 heavy (non-hydrogen) atoms. The van der Waals surface area contributed by atoms with Crippen molar-refractivity contribution in [1.82, 2.24) is 20.5 Å². The molecule has 0 aliphatic carbocycles. The third kappa shape index (κ3) is 3.37.